The Morgan fingerprint density at radius 3 is 2.70 bits per heavy atom. The van der Waals surface area contributed by atoms with Gasteiger partial charge in [-0.25, -0.2) is 0 Å². The van der Waals surface area contributed by atoms with E-state index in [0.29, 0.717) is 24.6 Å². The first-order valence-corrected chi connectivity index (χ1v) is 8.24. The molecule has 2 aliphatic rings. The van der Waals surface area contributed by atoms with Gasteiger partial charge < -0.3 is 19.3 Å². The molecule has 2 aromatic rings. The minimum atomic E-state index is -0.572. The van der Waals surface area contributed by atoms with E-state index in [0.717, 1.165) is 18.9 Å². The molecular formula is C15H16N4O3S. The van der Waals surface area contributed by atoms with Gasteiger partial charge >= 0.3 is 0 Å². The first-order valence-electron chi connectivity index (χ1n) is 7.51. The van der Waals surface area contributed by atoms with Gasteiger partial charge in [-0.05, 0) is 12.1 Å². The molecule has 2 aliphatic heterocycles. The highest BCUT2D eigenvalue weighted by Gasteiger charge is 2.32. The van der Waals surface area contributed by atoms with Crippen LogP contribution in [0.15, 0.2) is 30.5 Å². The number of nitrogens with zero attached hydrogens (tertiary/aromatic N) is 4. The van der Waals surface area contributed by atoms with E-state index in [9.17, 15) is 4.79 Å². The molecular weight excluding hydrogens is 316 g/mol. The number of carbonyl (C=O) groups excluding carboxylic acids is 1. The zero-order valence-electron chi connectivity index (χ0n) is 12.4. The van der Waals surface area contributed by atoms with Gasteiger partial charge in [0.25, 0.3) is 5.91 Å². The fourth-order valence-corrected chi connectivity index (χ4v) is 3.23. The lowest BCUT2D eigenvalue weighted by Gasteiger charge is -2.37. The molecule has 0 saturated carbocycles. The van der Waals surface area contributed by atoms with Crippen LogP contribution in [-0.2, 0) is 4.79 Å². The normalized spacial score (nSPS) is 20.4. The summed E-state index contributed by atoms with van der Waals surface area (Å²) >= 11 is 1.20. The Balaban J connectivity index is 1.37. The molecule has 0 bridgehead atoms. The number of para-hydroxylation sites is 2. The third-order valence-electron chi connectivity index (χ3n) is 4.05. The van der Waals surface area contributed by atoms with Crippen molar-refractivity contribution in [3.8, 4) is 11.5 Å². The number of anilines is 1. The van der Waals surface area contributed by atoms with Gasteiger partial charge in [-0.3, -0.25) is 4.79 Å². The van der Waals surface area contributed by atoms with Crippen molar-refractivity contribution in [2.24, 2.45) is 0 Å². The lowest BCUT2D eigenvalue weighted by molar-refractivity contribution is -0.141. The lowest BCUT2D eigenvalue weighted by Crippen LogP contribution is -2.54. The average Bonchev–Trinajstić information content (AvgIpc) is 3.15. The summed E-state index contributed by atoms with van der Waals surface area (Å²) in [4.78, 5) is 16.6. The van der Waals surface area contributed by atoms with Crippen LogP contribution in [0.25, 0.3) is 0 Å². The highest BCUT2D eigenvalue weighted by Crippen LogP contribution is 2.31. The zero-order valence-corrected chi connectivity index (χ0v) is 13.2. The fourth-order valence-electron chi connectivity index (χ4n) is 2.80. The zero-order chi connectivity index (χ0) is 15.6. The SMILES string of the molecule is O=C(C1COc2ccccc2O1)N1CCN(c2cnsn2)CC1. The second kappa shape index (κ2) is 6.04. The monoisotopic (exact) mass is 332 g/mol. The lowest BCUT2D eigenvalue weighted by atomic mass is 10.2. The molecule has 3 heterocycles. The third kappa shape index (κ3) is 2.81. The fraction of sp³-hybridized carbons (Fsp3) is 0.400. The van der Waals surface area contributed by atoms with E-state index in [1.165, 1.54) is 11.7 Å². The predicted octanol–water partition coefficient (Wildman–Crippen LogP) is 1.03. The molecule has 1 aromatic heterocycles. The van der Waals surface area contributed by atoms with Crippen molar-refractivity contribution in [3.63, 3.8) is 0 Å². The number of ether oxygens (including phenoxy) is 2. The number of fused-ring (bicyclic) bond motifs is 1. The number of hydrogen-bond donors (Lipinski definition) is 0. The largest absolute Gasteiger partial charge is 0.485 e. The molecule has 8 heteroatoms. The molecule has 4 rings (SSSR count). The van der Waals surface area contributed by atoms with Crippen molar-refractivity contribution in [2.45, 2.75) is 6.10 Å². The second-order valence-corrected chi connectivity index (χ2v) is 6.00. The van der Waals surface area contributed by atoms with Gasteiger partial charge in [0.1, 0.15) is 6.61 Å². The van der Waals surface area contributed by atoms with Gasteiger partial charge in [-0.1, -0.05) is 12.1 Å². The maximum atomic E-state index is 12.6. The molecule has 0 spiro atoms. The van der Waals surface area contributed by atoms with Gasteiger partial charge in [-0.2, -0.15) is 8.75 Å². The van der Waals surface area contributed by atoms with Gasteiger partial charge in [0.05, 0.1) is 17.9 Å². The molecule has 1 saturated heterocycles. The molecule has 7 nitrogen and oxygen atoms in total. The maximum Gasteiger partial charge on any atom is 0.267 e. The molecule has 0 aliphatic carbocycles. The van der Waals surface area contributed by atoms with E-state index in [-0.39, 0.29) is 12.5 Å². The van der Waals surface area contributed by atoms with Crippen molar-refractivity contribution in [1.29, 1.82) is 0 Å². The molecule has 1 aromatic carbocycles. The van der Waals surface area contributed by atoms with E-state index in [4.69, 9.17) is 9.47 Å². The number of aromatic nitrogens is 2. The van der Waals surface area contributed by atoms with Crippen LogP contribution < -0.4 is 14.4 Å². The Labute approximate surface area is 137 Å². The van der Waals surface area contributed by atoms with Gasteiger partial charge in [-0.15, -0.1) is 0 Å². The molecule has 23 heavy (non-hydrogen) atoms. The number of hydrogen-bond acceptors (Lipinski definition) is 7. The summed E-state index contributed by atoms with van der Waals surface area (Å²) in [5, 5.41) is 0. The first kappa shape index (κ1) is 14.3. The quantitative estimate of drug-likeness (QED) is 0.818. The van der Waals surface area contributed by atoms with E-state index in [2.05, 4.69) is 13.6 Å². The van der Waals surface area contributed by atoms with Crippen molar-refractivity contribution in [3.05, 3.63) is 30.5 Å². The second-order valence-electron chi connectivity index (χ2n) is 5.44. The van der Waals surface area contributed by atoms with E-state index < -0.39 is 6.10 Å². The summed E-state index contributed by atoms with van der Waals surface area (Å²) in [7, 11) is 0. The van der Waals surface area contributed by atoms with Crippen LogP contribution in [0, 0.1) is 0 Å². The van der Waals surface area contributed by atoms with Crippen LogP contribution in [0.1, 0.15) is 0 Å². The Kier molecular flexibility index (Phi) is 3.74. The number of benzene rings is 1. The van der Waals surface area contributed by atoms with Crippen LogP contribution in [0.4, 0.5) is 5.82 Å². The van der Waals surface area contributed by atoms with Crippen LogP contribution in [0.5, 0.6) is 11.5 Å². The molecule has 1 amide bonds. The molecule has 1 atom stereocenters. The van der Waals surface area contributed by atoms with Crippen LogP contribution >= 0.6 is 11.7 Å². The van der Waals surface area contributed by atoms with Gasteiger partial charge in [0, 0.05) is 26.2 Å². The Bertz CT molecular complexity index is 686. The van der Waals surface area contributed by atoms with E-state index in [1.54, 1.807) is 6.20 Å². The van der Waals surface area contributed by atoms with Crippen LogP contribution in [0.3, 0.4) is 0 Å². The average molecular weight is 332 g/mol. The van der Waals surface area contributed by atoms with Gasteiger partial charge in [0.15, 0.2) is 17.3 Å². The minimum Gasteiger partial charge on any atom is -0.485 e. The minimum absolute atomic E-state index is 0.0180. The highest BCUT2D eigenvalue weighted by atomic mass is 32.1. The summed E-state index contributed by atoms with van der Waals surface area (Å²) in [6.07, 6.45) is 1.19. The Hall–Kier alpha value is -2.35. The summed E-state index contributed by atoms with van der Waals surface area (Å²) < 4.78 is 19.7. The Morgan fingerprint density at radius 2 is 1.96 bits per heavy atom. The molecule has 0 radical (unpaired) electrons. The summed E-state index contributed by atoms with van der Waals surface area (Å²) in [6.45, 7) is 3.06. The molecule has 120 valence electrons. The standard InChI is InChI=1S/C15H16N4O3S/c20-15(13-10-21-11-3-1-2-4-12(11)22-13)19-7-5-18(6-8-19)14-9-16-23-17-14/h1-4,9,13H,5-8,10H2. The van der Waals surface area contributed by atoms with Crippen LogP contribution in [-0.4, -0.2) is 58.4 Å². The number of carbonyl (C=O) groups is 1. The maximum absolute atomic E-state index is 12.6. The molecule has 0 N–H and O–H groups in total. The Morgan fingerprint density at radius 1 is 1.17 bits per heavy atom. The smallest absolute Gasteiger partial charge is 0.267 e. The van der Waals surface area contributed by atoms with Crippen molar-refractivity contribution in [1.82, 2.24) is 13.6 Å². The summed E-state index contributed by atoms with van der Waals surface area (Å²) in [5.41, 5.74) is 0. The van der Waals surface area contributed by atoms with Crippen molar-refractivity contribution < 1.29 is 14.3 Å². The van der Waals surface area contributed by atoms with Crippen LogP contribution in [0.2, 0.25) is 0 Å². The third-order valence-corrected chi connectivity index (χ3v) is 4.52. The van der Waals surface area contributed by atoms with Crippen molar-refractivity contribution >= 4 is 23.5 Å². The predicted molar refractivity (Wildman–Crippen MR) is 85.1 cm³/mol. The van der Waals surface area contributed by atoms with E-state index in [1.807, 2.05) is 29.2 Å². The number of rotatable bonds is 2. The highest BCUT2D eigenvalue weighted by molar-refractivity contribution is 6.99. The van der Waals surface area contributed by atoms with Crippen molar-refractivity contribution in [2.75, 3.05) is 37.7 Å². The van der Waals surface area contributed by atoms with Gasteiger partial charge in [0.2, 0.25) is 6.10 Å². The first-order chi connectivity index (χ1) is 11.3. The van der Waals surface area contributed by atoms with E-state index >= 15 is 0 Å². The summed E-state index contributed by atoms with van der Waals surface area (Å²) in [5.74, 6) is 2.19. The molecule has 1 fully saturated rings. The molecule has 1 unspecified atom stereocenters. The topological polar surface area (TPSA) is 67.8 Å². The number of piperazine rings is 1. The summed E-state index contributed by atoms with van der Waals surface area (Å²) in [6, 6.07) is 7.42. The number of amides is 1.